The number of hydrogen-bond donors (Lipinski definition) is 1. The minimum atomic E-state index is -3.86. The summed E-state index contributed by atoms with van der Waals surface area (Å²) in [6.07, 6.45) is 0.312. The lowest BCUT2D eigenvalue weighted by Crippen LogP contribution is -2.42. The molecule has 0 radical (unpaired) electrons. The van der Waals surface area contributed by atoms with Crippen molar-refractivity contribution in [2.75, 3.05) is 37.5 Å². The van der Waals surface area contributed by atoms with Crippen LogP contribution in [-0.2, 0) is 14.8 Å². The Kier molecular flexibility index (Phi) is 4.57. The van der Waals surface area contributed by atoms with Crippen molar-refractivity contribution in [3.05, 3.63) is 42.5 Å². The standard InChI is InChI=1S/C20H22N2O6S/c1-26-15-6-4-14(5-7-15)22-12-13-11-20(13,29(22,24)25)19(23)21-17-9-8-16(27-2)10-18(17)28-3/h4-10,13H,11-12H2,1-3H3,(H,21,23)/t13-,20+/m1/s1. The molecule has 1 aliphatic carbocycles. The van der Waals surface area contributed by atoms with E-state index in [2.05, 4.69) is 5.32 Å². The van der Waals surface area contributed by atoms with E-state index in [1.54, 1.807) is 49.6 Å². The number of sulfonamides is 1. The minimum Gasteiger partial charge on any atom is -0.497 e. The van der Waals surface area contributed by atoms with Crippen LogP contribution in [0.25, 0.3) is 0 Å². The van der Waals surface area contributed by atoms with Gasteiger partial charge in [-0.15, -0.1) is 0 Å². The molecule has 2 atom stereocenters. The number of rotatable bonds is 6. The molecule has 1 N–H and O–H groups in total. The predicted octanol–water partition coefficient (Wildman–Crippen LogP) is 2.26. The van der Waals surface area contributed by atoms with Gasteiger partial charge >= 0.3 is 0 Å². The van der Waals surface area contributed by atoms with Crippen LogP contribution < -0.4 is 23.8 Å². The van der Waals surface area contributed by atoms with E-state index in [4.69, 9.17) is 14.2 Å². The van der Waals surface area contributed by atoms with Gasteiger partial charge in [-0.1, -0.05) is 0 Å². The first-order valence-corrected chi connectivity index (χ1v) is 10.5. The van der Waals surface area contributed by atoms with E-state index in [-0.39, 0.29) is 12.5 Å². The second-order valence-corrected chi connectivity index (χ2v) is 9.16. The van der Waals surface area contributed by atoms with Crippen molar-refractivity contribution < 1.29 is 27.4 Å². The van der Waals surface area contributed by atoms with Crippen molar-refractivity contribution in [1.29, 1.82) is 0 Å². The highest BCUT2D eigenvalue weighted by molar-refractivity contribution is 7.95. The molecule has 2 aromatic carbocycles. The maximum atomic E-state index is 13.3. The first-order chi connectivity index (χ1) is 13.9. The maximum absolute atomic E-state index is 13.3. The van der Waals surface area contributed by atoms with Gasteiger partial charge in [-0.25, -0.2) is 8.42 Å². The van der Waals surface area contributed by atoms with Gasteiger partial charge in [0.2, 0.25) is 15.9 Å². The van der Waals surface area contributed by atoms with Crippen molar-refractivity contribution in [2.45, 2.75) is 11.2 Å². The summed E-state index contributed by atoms with van der Waals surface area (Å²) in [4.78, 5) is 13.1. The van der Waals surface area contributed by atoms with Crippen molar-refractivity contribution in [3.8, 4) is 17.2 Å². The second-order valence-electron chi connectivity index (χ2n) is 7.05. The summed E-state index contributed by atoms with van der Waals surface area (Å²) in [5.74, 6) is 0.811. The Labute approximate surface area is 169 Å². The van der Waals surface area contributed by atoms with Gasteiger partial charge in [0.05, 0.1) is 32.7 Å². The molecule has 1 amide bonds. The number of ether oxygens (including phenoxy) is 3. The molecule has 29 heavy (non-hydrogen) atoms. The molecule has 0 spiro atoms. The topological polar surface area (TPSA) is 94.2 Å². The Balaban J connectivity index is 1.60. The molecule has 2 aromatic rings. The van der Waals surface area contributed by atoms with Gasteiger partial charge in [-0.3, -0.25) is 9.10 Å². The summed E-state index contributed by atoms with van der Waals surface area (Å²) in [7, 11) is 0.682. The highest BCUT2D eigenvalue weighted by Crippen LogP contribution is 2.58. The average Bonchev–Trinajstić information content (AvgIpc) is 3.43. The molecule has 154 valence electrons. The fraction of sp³-hybridized carbons (Fsp3) is 0.350. The lowest BCUT2D eigenvalue weighted by Gasteiger charge is -2.23. The van der Waals surface area contributed by atoms with Gasteiger partial charge in [0.25, 0.3) is 0 Å². The molecule has 2 aliphatic rings. The third kappa shape index (κ3) is 2.88. The molecule has 8 nitrogen and oxygen atoms in total. The monoisotopic (exact) mass is 418 g/mol. The molecule has 1 saturated carbocycles. The zero-order valence-electron chi connectivity index (χ0n) is 16.3. The molecule has 9 heteroatoms. The zero-order chi connectivity index (χ0) is 20.8. The smallest absolute Gasteiger partial charge is 0.250 e. The first-order valence-electron chi connectivity index (χ1n) is 9.07. The minimum absolute atomic E-state index is 0.251. The number of hydrogen-bond acceptors (Lipinski definition) is 6. The number of fused-ring (bicyclic) bond motifs is 1. The number of nitrogens with zero attached hydrogens (tertiary/aromatic N) is 1. The number of amides is 1. The lowest BCUT2D eigenvalue weighted by molar-refractivity contribution is -0.116. The Morgan fingerprint density at radius 1 is 1.03 bits per heavy atom. The molecule has 1 heterocycles. The van der Waals surface area contributed by atoms with Gasteiger partial charge in [0, 0.05) is 18.5 Å². The quantitative estimate of drug-likeness (QED) is 0.773. The summed E-state index contributed by atoms with van der Waals surface area (Å²) in [5, 5.41) is 2.74. The lowest BCUT2D eigenvalue weighted by atomic mass is 10.2. The highest BCUT2D eigenvalue weighted by atomic mass is 32.2. The summed E-state index contributed by atoms with van der Waals surface area (Å²) in [6, 6.07) is 11.7. The van der Waals surface area contributed by atoms with E-state index >= 15 is 0 Å². The van der Waals surface area contributed by atoms with Crippen LogP contribution in [0.2, 0.25) is 0 Å². The first kappa shape index (κ1) is 19.4. The second kappa shape index (κ2) is 6.84. The van der Waals surface area contributed by atoms with Crippen LogP contribution in [0.5, 0.6) is 17.2 Å². The van der Waals surface area contributed by atoms with Crippen LogP contribution in [-0.4, -0.2) is 46.9 Å². The van der Waals surface area contributed by atoms with E-state index < -0.39 is 20.7 Å². The van der Waals surface area contributed by atoms with E-state index in [0.29, 0.717) is 35.0 Å². The third-order valence-electron chi connectivity index (χ3n) is 5.59. The highest BCUT2D eigenvalue weighted by Gasteiger charge is 2.75. The molecule has 0 bridgehead atoms. The van der Waals surface area contributed by atoms with Crippen molar-refractivity contribution >= 4 is 27.3 Å². The van der Waals surface area contributed by atoms with Crippen LogP contribution in [0.4, 0.5) is 11.4 Å². The molecule has 4 rings (SSSR count). The van der Waals surface area contributed by atoms with E-state index in [1.165, 1.54) is 18.5 Å². The number of benzene rings is 2. The van der Waals surface area contributed by atoms with Gasteiger partial charge in [0.15, 0.2) is 4.75 Å². The molecular formula is C20H22N2O6S. The van der Waals surface area contributed by atoms with Crippen molar-refractivity contribution in [2.24, 2.45) is 5.92 Å². The normalized spacial score (nSPS) is 23.8. The summed E-state index contributed by atoms with van der Waals surface area (Å²) >= 11 is 0. The largest absolute Gasteiger partial charge is 0.497 e. The van der Waals surface area contributed by atoms with Crippen LogP contribution in [0, 0.1) is 5.92 Å². The van der Waals surface area contributed by atoms with Crippen molar-refractivity contribution in [1.82, 2.24) is 0 Å². The molecular weight excluding hydrogens is 396 g/mol. The summed E-state index contributed by atoms with van der Waals surface area (Å²) in [5.41, 5.74) is 0.920. The number of anilines is 2. The number of carbonyl (C=O) groups is 1. The molecule has 2 fully saturated rings. The number of methoxy groups -OCH3 is 3. The summed E-state index contributed by atoms with van der Waals surface area (Å²) in [6.45, 7) is 0.280. The SMILES string of the molecule is COc1ccc(N2C[C@H]3C[C@]3(C(=O)Nc3ccc(OC)cc3OC)S2(=O)=O)cc1. The van der Waals surface area contributed by atoms with E-state index in [0.717, 1.165) is 0 Å². The van der Waals surface area contributed by atoms with Crippen LogP contribution in [0.1, 0.15) is 6.42 Å². The van der Waals surface area contributed by atoms with Crippen LogP contribution in [0.15, 0.2) is 42.5 Å². The third-order valence-corrected chi connectivity index (χ3v) is 8.13. The predicted molar refractivity (Wildman–Crippen MR) is 108 cm³/mol. The van der Waals surface area contributed by atoms with Gasteiger partial charge in [-0.05, 0) is 42.8 Å². The number of nitrogens with one attached hydrogen (secondary N) is 1. The van der Waals surface area contributed by atoms with Crippen molar-refractivity contribution in [3.63, 3.8) is 0 Å². The van der Waals surface area contributed by atoms with Gasteiger partial charge in [-0.2, -0.15) is 0 Å². The van der Waals surface area contributed by atoms with E-state index in [1.807, 2.05) is 0 Å². The zero-order valence-corrected chi connectivity index (χ0v) is 17.2. The fourth-order valence-corrected chi connectivity index (χ4v) is 6.21. The Bertz CT molecular complexity index is 1050. The molecule has 0 unspecified atom stereocenters. The van der Waals surface area contributed by atoms with Crippen LogP contribution in [0.3, 0.4) is 0 Å². The Morgan fingerprint density at radius 3 is 2.31 bits per heavy atom. The van der Waals surface area contributed by atoms with Gasteiger partial charge in [0.1, 0.15) is 17.2 Å². The maximum Gasteiger partial charge on any atom is 0.250 e. The molecule has 0 aromatic heterocycles. The fourth-order valence-electron chi connectivity index (χ4n) is 3.85. The average molecular weight is 418 g/mol. The Morgan fingerprint density at radius 2 is 1.69 bits per heavy atom. The van der Waals surface area contributed by atoms with E-state index in [9.17, 15) is 13.2 Å². The van der Waals surface area contributed by atoms with Crippen LogP contribution >= 0.6 is 0 Å². The summed E-state index contributed by atoms with van der Waals surface area (Å²) < 4.78 is 42.0. The number of carbonyl (C=O) groups excluding carboxylic acids is 1. The van der Waals surface area contributed by atoms with Gasteiger partial charge < -0.3 is 19.5 Å². The molecule has 1 saturated heterocycles. The molecule has 1 aliphatic heterocycles. The Hall–Kier alpha value is -2.94.